The van der Waals surface area contributed by atoms with E-state index < -0.39 is 6.10 Å². The molecule has 0 saturated heterocycles. The smallest absolute Gasteiger partial charge is 0.306 e. The van der Waals surface area contributed by atoms with Gasteiger partial charge in [-0.15, -0.1) is 0 Å². The molecule has 6 heteroatoms. The van der Waals surface area contributed by atoms with Crippen LogP contribution in [0.3, 0.4) is 0 Å². The molecule has 0 heterocycles. The SMILES string of the molecule is CC/C=C\C/C=C\C/C=C\C/C=C\CCC(=O)OCC(COC(=O)CCCCCCCCCCCCCCCCCCCCCCCCCCCCC)OC(=O)CCCCCCC/C=C\CCCCCCCC. The molecule has 0 bridgehead atoms. The third-order valence-electron chi connectivity index (χ3n) is 14.0. The highest BCUT2D eigenvalue weighted by atomic mass is 16.6. The highest BCUT2D eigenvalue weighted by Crippen LogP contribution is 2.17. The molecular weight excluding hydrogens is 901 g/mol. The fourth-order valence-corrected chi connectivity index (χ4v) is 9.28. The van der Waals surface area contributed by atoms with Crippen LogP contribution in [0.5, 0.6) is 0 Å². The lowest BCUT2D eigenvalue weighted by atomic mass is 10.0. The van der Waals surface area contributed by atoms with Crippen LogP contribution >= 0.6 is 0 Å². The molecule has 0 aliphatic carbocycles. The lowest BCUT2D eigenvalue weighted by Crippen LogP contribution is -2.30. The van der Waals surface area contributed by atoms with E-state index >= 15 is 0 Å². The standard InChI is InChI=1S/C67H120O6/c1-4-7-10-13-16-19-22-25-27-28-29-30-31-32-33-34-35-36-37-38-40-42-45-48-51-54-57-60-66(69)72-63-64(62-71-65(68)59-56-53-50-47-44-41-24-21-18-15-12-9-6-3)73-67(70)61-58-55-52-49-46-43-39-26-23-20-17-14-11-8-5-2/h9,12,18,21,26,39,41,44,50,53,64H,4-8,10-11,13-17,19-20,22-25,27-38,40,42-43,45-49,51-52,54-63H2,1-3H3/b12-9-,21-18-,39-26-,44-41-,53-50-. The normalized spacial score (nSPS) is 12.4. The predicted molar refractivity (Wildman–Crippen MR) is 316 cm³/mol. The topological polar surface area (TPSA) is 78.9 Å². The molecule has 0 aromatic heterocycles. The van der Waals surface area contributed by atoms with Crippen LogP contribution in [0.15, 0.2) is 60.8 Å². The summed E-state index contributed by atoms with van der Waals surface area (Å²) in [4.78, 5) is 38.2. The Balaban J connectivity index is 4.23. The number of carbonyl (C=O) groups excluding carboxylic acids is 3. The summed E-state index contributed by atoms with van der Waals surface area (Å²) < 4.78 is 16.8. The molecule has 1 unspecified atom stereocenters. The molecule has 1 atom stereocenters. The number of ether oxygens (including phenoxy) is 3. The van der Waals surface area contributed by atoms with Gasteiger partial charge in [-0.1, -0.05) is 300 Å². The zero-order valence-electron chi connectivity index (χ0n) is 48.7. The molecule has 0 aliphatic heterocycles. The lowest BCUT2D eigenvalue weighted by Gasteiger charge is -2.18. The summed E-state index contributed by atoms with van der Waals surface area (Å²) in [6.07, 6.45) is 78.3. The van der Waals surface area contributed by atoms with Crippen molar-refractivity contribution in [3.05, 3.63) is 60.8 Å². The van der Waals surface area contributed by atoms with E-state index in [-0.39, 0.29) is 37.5 Å². The Morgan fingerprint density at radius 2 is 0.562 bits per heavy atom. The van der Waals surface area contributed by atoms with Crippen molar-refractivity contribution in [1.29, 1.82) is 0 Å². The molecule has 0 rings (SSSR count). The van der Waals surface area contributed by atoms with Crippen molar-refractivity contribution in [2.24, 2.45) is 0 Å². The molecule has 0 amide bonds. The summed E-state index contributed by atoms with van der Waals surface area (Å²) in [5.74, 6) is -0.975. The third-order valence-corrected chi connectivity index (χ3v) is 14.0. The Hall–Kier alpha value is -2.89. The Morgan fingerprint density at radius 3 is 0.918 bits per heavy atom. The van der Waals surface area contributed by atoms with Gasteiger partial charge in [-0.2, -0.15) is 0 Å². The van der Waals surface area contributed by atoms with Gasteiger partial charge < -0.3 is 14.2 Å². The molecule has 0 fully saturated rings. The van der Waals surface area contributed by atoms with Gasteiger partial charge in [-0.05, 0) is 70.6 Å². The lowest BCUT2D eigenvalue weighted by molar-refractivity contribution is -0.166. The first kappa shape index (κ1) is 70.1. The van der Waals surface area contributed by atoms with E-state index in [9.17, 15) is 14.4 Å². The van der Waals surface area contributed by atoms with Crippen LogP contribution in [0.2, 0.25) is 0 Å². The van der Waals surface area contributed by atoms with Crippen LogP contribution in [-0.2, 0) is 28.6 Å². The average molecular weight is 1020 g/mol. The van der Waals surface area contributed by atoms with Crippen LogP contribution in [0.1, 0.15) is 329 Å². The van der Waals surface area contributed by atoms with E-state index in [0.717, 1.165) is 77.0 Å². The number of esters is 3. The maximum absolute atomic E-state index is 12.9. The summed E-state index contributed by atoms with van der Waals surface area (Å²) >= 11 is 0. The van der Waals surface area contributed by atoms with E-state index in [4.69, 9.17) is 14.2 Å². The zero-order chi connectivity index (χ0) is 52.9. The van der Waals surface area contributed by atoms with Crippen LogP contribution in [0.25, 0.3) is 0 Å². The van der Waals surface area contributed by atoms with E-state index in [2.05, 4.69) is 75.5 Å². The molecule has 6 nitrogen and oxygen atoms in total. The Labute approximate surface area is 453 Å². The van der Waals surface area contributed by atoms with Crippen LogP contribution in [-0.4, -0.2) is 37.2 Å². The highest BCUT2D eigenvalue weighted by Gasteiger charge is 2.19. The first-order chi connectivity index (χ1) is 36.0. The zero-order valence-corrected chi connectivity index (χ0v) is 48.7. The Bertz CT molecular complexity index is 1310. The highest BCUT2D eigenvalue weighted by molar-refractivity contribution is 5.71. The van der Waals surface area contributed by atoms with E-state index in [1.165, 1.54) is 205 Å². The number of hydrogen-bond donors (Lipinski definition) is 0. The van der Waals surface area contributed by atoms with Crippen molar-refractivity contribution in [2.45, 2.75) is 335 Å². The van der Waals surface area contributed by atoms with Gasteiger partial charge >= 0.3 is 17.9 Å². The molecule has 73 heavy (non-hydrogen) atoms. The Morgan fingerprint density at radius 1 is 0.288 bits per heavy atom. The van der Waals surface area contributed by atoms with Gasteiger partial charge in [0.15, 0.2) is 6.10 Å². The van der Waals surface area contributed by atoms with Gasteiger partial charge in [0.2, 0.25) is 0 Å². The molecule has 0 radical (unpaired) electrons. The molecule has 0 spiro atoms. The average Bonchev–Trinajstić information content (AvgIpc) is 3.39. The van der Waals surface area contributed by atoms with Crippen molar-refractivity contribution >= 4 is 17.9 Å². The second kappa shape index (κ2) is 61.7. The van der Waals surface area contributed by atoms with Crippen LogP contribution < -0.4 is 0 Å². The molecule has 0 saturated carbocycles. The monoisotopic (exact) mass is 1020 g/mol. The summed E-state index contributed by atoms with van der Waals surface area (Å²) in [6, 6.07) is 0. The predicted octanol–water partition coefficient (Wildman–Crippen LogP) is 21.6. The summed E-state index contributed by atoms with van der Waals surface area (Å²) in [5, 5.41) is 0. The second-order valence-electron chi connectivity index (χ2n) is 21.3. The fraction of sp³-hybridized carbons (Fsp3) is 0.806. The second-order valence-corrected chi connectivity index (χ2v) is 21.3. The minimum absolute atomic E-state index is 0.0966. The minimum Gasteiger partial charge on any atom is -0.462 e. The summed E-state index contributed by atoms with van der Waals surface area (Å²) in [5.41, 5.74) is 0. The molecule has 0 aromatic carbocycles. The fourth-order valence-electron chi connectivity index (χ4n) is 9.28. The summed E-state index contributed by atoms with van der Waals surface area (Å²) in [7, 11) is 0. The van der Waals surface area contributed by atoms with Crippen molar-refractivity contribution in [1.82, 2.24) is 0 Å². The van der Waals surface area contributed by atoms with Gasteiger partial charge in [0.05, 0.1) is 0 Å². The number of carbonyl (C=O) groups is 3. The van der Waals surface area contributed by atoms with E-state index in [1.54, 1.807) is 0 Å². The number of unbranched alkanes of at least 4 members (excludes halogenated alkanes) is 37. The first-order valence-electron chi connectivity index (χ1n) is 31.8. The molecule has 424 valence electrons. The maximum Gasteiger partial charge on any atom is 0.306 e. The van der Waals surface area contributed by atoms with Crippen molar-refractivity contribution in [2.75, 3.05) is 13.2 Å². The van der Waals surface area contributed by atoms with Gasteiger partial charge in [0.25, 0.3) is 0 Å². The number of rotatable bonds is 58. The summed E-state index contributed by atoms with van der Waals surface area (Å²) in [6.45, 7) is 6.49. The van der Waals surface area contributed by atoms with E-state index in [1.807, 2.05) is 6.08 Å². The number of hydrogen-bond acceptors (Lipinski definition) is 6. The molecule has 0 aliphatic rings. The third kappa shape index (κ3) is 59.9. The van der Waals surface area contributed by atoms with Crippen molar-refractivity contribution < 1.29 is 28.6 Å². The van der Waals surface area contributed by atoms with Crippen molar-refractivity contribution in [3.63, 3.8) is 0 Å². The molecule has 0 N–H and O–H groups in total. The van der Waals surface area contributed by atoms with Gasteiger partial charge in [0, 0.05) is 19.3 Å². The van der Waals surface area contributed by atoms with Gasteiger partial charge in [0.1, 0.15) is 13.2 Å². The molecule has 0 aromatic rings. The minimum atomic E-state index is -0.806. The Kier molecular flexibility index (Phi) is 59.2. The quantitative estimate of drug-likeness (QED) is 0.0261. The van der Waals surface area contributed by atoms with Gasteiger partial charge in [-0.25, -0.2) is 0 Å². The van der Waals surface area contributed by atoms with Crippen LogP contribution in [0.4, 0.5) is 0 Å². The largest absolute Gasteiger partial charge is 0.462 e. The first-order valence-corrected chi connectivity index (χ1v) is 31.8. The van der Waals surface area contributed by atoms with Gasteiger partial charge in [-0.3, -0.25) is 14.4 Å². The molecular formula is C67H120O6. The number of allylic oxidation sites excluding steroid dienone is 10. The van der Waals surface area contributed by atoms with Crippen molar-refractivity contribution in [3.8, 4) is 0 Å². The maximum atomic E-state index is 12.9. The van der Waals surface area contributed by atoms with Crippen LogP contribution in [0, 0.1) is 0 Å². The van der Waals surface area contributed by atoms with E-state index in [0.29, 0.717) is 19.3 Å².